The summed E-state index contributed by atoms with van der Waals surface area (Å²) < 4.78 is 2.20. The highest BCUT2D eigenvalue weighted by Crippen LogP contribution is 2.49. The highest BCUT2D eigenvalue weighted by molar-refractivity contribution is 5.12. The van der Waals surface area contributed by atoms with Gasteiger partial charge in [-0.05, 0) is 69.9 Å². The molecule has 2 aliphatic carbocycles. The van der Waals surface area contributed by atoms with Crippen molar-refractivity contribution in [2.75, 3.05) is 7.05 Å². The van der Waals surface area contributed by atoms with Crippen LogP contribution >= 0.6 is 0 Å². The smallest absolute Gasteiger partial charge is 0.0624 e. The van der Waals surface area contributed by atoms with E-state index in [1.54, 1.807) is 0 Å². The number of nitrogens with zero attached hydrogens (tertiary/aromatic N) is 2. The van der Waals surface area contributed by atoms with Crippen molar-refractivity contribution in [2.24, 2.45) is 17.8 Å². The summed E-state index contributed by atoms with van der Waals surface area (Å²) in [7, 11) is 2.13. The van der Waals surface area contributed by atoms with Gasteiger partial charge in [-0.2, -0.15) is 5.10 Å². The predicted octanol–water partition coefficient (Wildman–Crippen LogP) is 3.42. The summed E-state index contributed by atoms with van der Waals surface area (Å²) in [5.74, 6) is 3.07. The van der Waals surface area contributed by atoms with Crippen molar-refractivity contribution in [1.29, 1.82) is 0 Å². The van der Waals surface area contributed by atoms with Gasteiger partial charge in [-0.1, -0.05) is 13.3 Å². The van der Waals surface area contributed by atoms with Crippen LogP contribution in [0.15, 0.2) is 6.07 Å². The summed E-state index contributed by atoms with van der Waals surface area (Å²) in [6, 6.07) is 2.93. The average molecular weight is 289 g/mol. The zero-order chi connectivity index (χ0) is 14.8. The molecule has 0 spiro atoms. The van der Waals surface area contributed by atoms with Crippen molar-refractivity contribution in [1.82, 2.24) is 15.1 Å². The summed E-state index contributed by atoms with van der Waals surface area (Å²) in [5.41, 5.74) is 2.65. The van der Waals surface area contributed by atoms with Gasteiger partial charge in [0.05, 0.1) is 5.69 Å². The van der Waals surface area contributed by atoms with Crippen molar-refractivity contribution in [3.63, 3.8) is 0 Å². The third-order valence-electron chi connectivity index (χ3n) is 5.91. The van der Waals surface area contributed by atoms with Crippen LogP contribution in [-0.4, -0.2) is 22.9 Å². The number of hydrogen-bond acceptors (Lipinski definition) is 2. The molecule has 0 aromatic carbocycles. The second-order valence-corrected chi connectivity index (χ2v) is 7.16. The van der Waals surface area contributed by atoms with Gasteiger partial charge in [-0.25, -0.2) is 0 Å². The second kappa shape index (κ2) is 6.51. The molecule has 3 rings (SSSR count). The molecule has 0 radical (unpaired) electrons. The first-order valence-corrected chi connectivity index (χ1v) is 8.96. The van der Waals surface area contributed by atoms with E-state index in [-0.39, 0.29) is 0 Å². The fourth-order valence-corrected chi connectivity index (χ4v) is 4.71. The number of nitrogens with one attached hydrogen (secondary N) is 1. The number of aromatic nitrogens is 2. The topological polar surface area (TPSA) is 29.9 Å². The summed E-state index contributed by atoms with van der Waals surface area (Å²) in [6.45, 7) is 5.37. The molecule has 0 aliphatic heterocycles. The van der Waals surface area contributed by atoms with Gasteiger partial charge in [-0.3, -0.25) is 4.68 Å². The van der Waals surface area contributed by atoms with Crippen LogP contribution in [0.4, 0.5) is 0 Å². The Morgan fingerprint density at radius 2 is 2.19 bits per heavy atom. The van der Waals surface area contributed by atoms with E-state index < -0.39 is 0 Å². The van der Waals surface area contributed by atoms with Crippen LogP contribution in [0.3, 0.4) is 0 Å². The Balaban J connectivity index is 1.62. The van der Waals surface area contributed by atoms with Crippen LogP contribution in [0.5, 0.6) is 0 Å². The zero-order valence-corrected chi connectivity index (χ0v) is 13.9. The summed E-state index contributed by atoms with van der Waals surface area (Å²) in [4.78, 5) is 0. The Hall–Kier alpha value is -0.830. The number of likely N-dealkylation sites (N-methyl/N-ethyl adjacent to an activating group) is 1. The predicted molar refractivity (Wildman–Crippen MR) is 87.4 cm³/mol. The summed E-state index contributed by atoms with van der Waals surface area (Å²) in [5, 5.41) is 8.27. The maximum absolute atomic E-state index is 4.69. The molecule has 3 nitrogen and oxygen atoms in total. The number of aryl methyl sites for hydroxylation is 2. The molecule has 2 fully saturated rings. The fourth-order valence-electron chi connectivity index (χ4n) is 4.71. The Bertz CT molecular complexity index is 465. The Morgan fingerprint density at radius 1 is 1.33 bits per heavy atom. The molecule has 2 bridgehead atoms. The summed E-state index contributed by atoms with van der Waals surface area (Å²) >= 11 is 0. The van der Waals surface area contributed by atoms with Crippen LogP contribution in [0, 0.1) is 17.8 Å². The number of rotatable bonds is 7. The Kier molecular flexibility index (Phi) is 4.68. The minimum absolute atomic E-state index is 0.612. The number of fused-ring (bicyclic) bond motifs is 2. The zero-order valence-electron chi connectivity index (χ0n) is 13.9. The lowest BCUT2D eigenvalue weighted by Gasteiger charge is -2.26. The Morgan fingerprint density at radius 3 is 2.76 bits per heavy atom. The van der Waals surface area contributed by atoms with Crippen LogP contribution in [0.2, 0.25) is 0 Å². The summed E-state index contributed by atoms with van der Waals surface area (Å²) in [6.07, 6.45) is 9.55. The quantitative estimate of drug-likeness (QED) is 0.833. The maximum atomic E-state index is 4.69. The lowest BCUT2D eigenvalue weighted by atomic mass is 9.83. The second-order valence-electron chi connectivity index (χ2n) is 7.16. The van der Waals surface area contributed by atoms with E-state index in [0.717, 1.165) is 37.1 Å². The molecule has 4 atom stereocenters. The van der Waals surface area contributed by atoms with Gasteiger partial charge in [0.15, 0.2) is 0 Å². The number of hydrogen-bond donors (Lipinski definition) is 1. The minimum Gasteiger partial charge on any atom is -0.317 e. The minimum atomic E-state index is 0.612. The molecule has 0 saturated heterocycles. The fraction of sp³-hybridized carbons (Fsp3) is 0.833. The molecular formula is C18H31N3. The molecule has 0 amide bonds. The molecule has 21 heavy (non-hydrogen) atoms. The van der Waals surface area contributed by atoms with Crippen molar-refractivity contribution >= 4 is 0 Å². The molecular weight excluding hydrogens is 258 g/mol. The van der Waals surface area contributed by atoms with Gasteiger partial charge >= 0.3 is 0 Å². The highest BCUT2D eigenvalue weighted by Gasteiger charge is 2.39. The van der Waals surface area contributed by atoms with Crippen LogP contribution in [0.25, 0.3) is 0 Å². The van der Waals surface area contributed by atoms with Gasteiger partial charge in [0.1, 0.15) is 0 Å². The van der Waals surface area contributed by atoms with E-state index >= 15 is 0 Å². The van der Waals surface area contributed by atoms with Gasteiger partial charge in [0, 0.05) is 24.7 Å². The van der Waals surface area contributed by atoms with Crippen LogP contribution < -0.4 is 5.32 Å². The van der Waals surface area contributed by atoms with E-state index in [4.69, 9.17) is 5.10 Å². The standard InChI is InChI=1S/C18H31N3/c1-4-16-11-18(21(5-2)20-16)12-17(19-3)10-15-9-13-6-7-14(15)8-13/h11,13-15,17,19H,4-10,12H2,1-3H3. The first kappa shape index (κ1) is 15.1. The first-order valence-electron chi connectivity index (χ1n) is 8.96. The van der Waals surface area contributed by atoms with Gasteiger partial charge in [0.25, 0.3) is 0 Å². The normalized spacial score (nSPS) is 29.2. The van der Waals surface area contributed by atoms with Crippen molar-refractivity contribution in [3.05, 3.63) is 17.5 Å². The monoisotopic (exact) mass is 289 g/mol. The largest absolute Gasteiger partial charge is 0.317 e. The molecule has 1 aromatic rings. The van der Waals surface area contributed by atoms with Crippen molar-refractivity contribution in [3.8, 4) is 0 Å². The molecule has 3 heteroatoms. The Labute approximate surface area is 129 Å². The molecule has 1 heterocycles. The van der Waals surface area contributed by atoms with Gasteiger partial charge < -0.3 is 5.32 Å². The van der Waals surface area contributed by atoms with E-state index in [2.05, 4.69) is 37.0 Å². The molecule has 1 aromatic heterocycles. The molecule has 4 unspecified atom stereocenters. The van der Waals surface area contributed by atoms with Gasteiger partial charge in [0.2, 0.25) is 0 Å². The van der Waals surface area contributed by atoms with E-state index in [1.165, 1.54) is 43.5 Å². The molecule has 2 saturated carbocycles. The van der Waals surface area contributed by atoms with Crippen molar-refractivity contribution < 1.29 is 0 Å². The van der Waals surface area contributed by atoms with Crippen molar-refractivity contribution in [2.45, 2.75) is 71.4 Å². The van der Waals surface area contributed by atoms with E-state index in [1.807, 2.05) is 0 Å². The maximum Gasteiger partial charge on any atom is 0.0624 e. The SMILES string of the molecule is CCc1cc(CC(CC2CC3CCC2C3)NC)n(CC)n1. The van der Waals surface area contributed by atoms with Gasteiger partial charge in [-0.15, -0.1) is 0 Å². The first-order chi connectivity index (χ1) is 10.2. The van der Waals surface area contributed by atoms with E-state index in [0.29, 0.717) is 6.04 Å². The lowest BCUT2D eigenvalue weighted by molar-refractivity contribution is 0.280. The van der Waals surface area contributed by atoms with E-state index in [9.17, 15) is 0 Å². The van der Waals surface area contributed by atoms with Crippen LogP contribution in [0.1, 0.15) is 57.3 Å². The average Bonchev–Trinajstić information content (AvgIpc) is 3.20. The molecule has 2 aliphatic rings. The lowest BCUT2D eigenvalue weighted by Crippen LogP contribution is -2.32. The molecule has 1 N–H and O–H groups in total. The van der Waals surface area contributed by atoms with Crippen LogP contribution in [-0.2, 0) is 19.4 Å². The molecule has 118 valence electrons. The third kappa shape index (κ3) is 3.18. The highest BCUT2D eigenvalue weighted by atomic mass is 15.3. The third-order valence-corrected chi connectivity index (χ3v) is 5.91.